The summed E-state index contributed by atoms with van der Waals surface area (Å²) in [7, 11) is 0. The number of benzene rings is 1. The van der Waals surface area contributed by atoms with Crippen molar-refractivity contribution in [3.63, 3.8) is 0 Å². The number of nitrogens with two attached hydrogens (primary N) is 1. The Balaban J connectivity index is 1.98. The van der Waals surface area contributed by atoms with Gasteiger partial charge in [0.2, 0.25) is 0 Å². The molecule has 118 valence electrons. The lowest BCUT2D eigenvalue weighted by Gasteiger charge is -2.30. The minimum atomic E-state index is -0.397. The van der Waals surface area contributed by atoms with Crippen LogP contribution < -0.4 is 15.8 Å². The minimum absolute atomic E-state index is 0.272. The van der Waals surface area contributed by atoms with Crippen molar-refractivity contribution in [2.45, 2.75) is 58.4 Å². The Bertz CT molecular complexity index is 456. The molecule has 1 aliphatic carbocycles. The van der Waals surface area contributed by atoms with Crippen LogP contribution in [0, 0.1) is 11.7 Å². The van der Waals surface area contributed by atoms with E-state index in [1.165, 1.54) is 31.7 Å². The molecule has 2 rings (SSSR count). The van der Waals surface area contributed by atoms with Crippen molar-refractivity contribution in [1.82, 2.24) is 0 Å². The highest BCUT2D eigenvalue weighted by molar-refractivity contribution is 5.69. The Kier molecular flexibility index (Phi) is 5.71. The van der Waals surface area contributed by atoms with Gasteiger partial charge in [0.1, 0.15) is 0 Å². The molecule has 0 heterocycles. The second-order valence-corrected chi connectivity index (χ2v) is 5.95. The smallest absolute Gasteiger partial charge is 0.167 e. The van der Waals surface area contributed by atoms with E-state index in [4.69, 9.17) is 10.5 Å². The molecule has 0 aromatic heterocycles. The molecule has 1 aromatic rings. The zero-order chi connectivity index (χ0) is 15.2. The summed E-state index contributed by atoms with van der Waals surface area (Å²) in [6.45, 7) is 4.54. The molecule has 0 atom stereocenters. The predicted octanol–water partition coefficient (Wildman–Crippen LogP) is 4.58. The maximum atomic E-state index is 13.7. The van der Waals surface area contributed by atoms with E-state index in [0.29, 0.717) is 18.3 Å². The second kappa shape index (κ2) is 7.53. The number of nitrogens with one attached hydrogen (secondary N) is 1. The first-order chi connectivity index (χ1) is 10.1. The molecule has 1 saturated carbocycles. The van der Waals surface area contributed by atoms with Gasteiger partial charge in [0.25, 0.3) is 0 Å². The maximum Gasteiger partial charge on any atom is 0.167 e. The van der Waals surface area contributed by atoms with E-state index < -0.39 is 5.82 Å². The van der Waals surface area contributed by atoms with E-state index in [0.717, 1.165) is 24.4 Å². The summed E-state index contributed by atoms with van der Waals surface area (Å²) in [5.41, 5.74) is 7.16. The number of rotatable bonds is 6. The Morgan fingerprint density at radius 1 is 1.24 bits per heavy atom. The molecule has 0 aliphatic heterocycles. The van der Waals surface area contributed by atoms with Gasteiger partial charge < -0.3 is 15.8 Å². The maximum absolute atomic E-state index is 13.7. The Morgan fingerprint density at radius 3 is 2.57 bits per heavy atom. The standard InChI is InChI=1S/C17H27FN2O/c1-3-5-12-6-8-13(9-7-12)20-16-11-17(21-4-2)14(18)10-15(16)19/h10-13,20H,3-9,19H2,1-2H3. The third kappa shape index (κ3) is 4.26. The van der Waals surface area contributed by atoms with Crippen LogP contribution in [0.25, 0.3) is 0 Å². The molecule has 0 saturated heterocycles. The summed E-state index contributed by atoms with van der Waals surface area (Å²) in [4.78, 5) is 0. The summed E-state index contributed by atoms with van der Waals surface area (Å²) in [6, 6.07) is 3.46. The largest absolute Gasteiger partial charge is 0.491 e. The average Bonchev–Trinajstić information content (AvgIpc) is 2.46. The fourth-order valence-corrected chi connectivity index (χ4v) is 3.18. The normalized spacial score (nSPS) is 22.0. The molecule has 1 aliphatic rings. The van der Waals surface area contributed by atoms with Crippen LogP contribution in [0.1, 0.15) is 52.4 Å². The fraction of sp³-hybridized carbons (Fsp3) is 0.647. The third-order valence-electron chi connectivity index (χ3n) is 4.31. The molecule has 0 spiro atoms. The first-order valence-corrected chi connectivity index (χ1v) is 8.12. The lowest BCUT2D eigenvalue weighted by molar-refractivity contribution is 0.317. The summed E-state index contributed by atoms with van der Waals surface area (Å²) in [5.74, 6) is 0.748. The molecule has 1 aromatic carbocycles. The van der Waals surface area contributed by atoms with Gasteiger partial charge in [0, 0.05) is 18.2 Å². The molecular formula is C17H27FN2O. The highest BCUT2D eigenvalue weighted by Crippen LogP contribution is 2.33. The van der Waals surface area contributed by atoms with Gasteiger partial charge in [0.05, 0.1) is 18.0 Å². The van der Waals surface area contributed by atoms with Crippen LogP contribution in [0.5, 0.6) is 5.75 Å². The van der Waals surface area contributed by atoms with E-state index in [1.807, 2.05) is 6.92 Å². The van der Waals surface area contributed by atoms with Gasteiger partial charge in [-0.1, -0.05) is 19.8 Å². The predicted molar refractivity (Wildman–Crippen MR) is 86.3 cm³/mol. The van der Waals surface area contributed by atoms with Crippen molar-refractivity contribution in [3.8, 4) is 5.75 Å². The molecule has 0 radical (unpaired) electrons. The van der Waals surface area contributed by atoms with Gasteiger partial charge in [-0.15, -0.1) is 0 Å². The van der Waals surface area contributed by atoms with Gasteiger partial charge in [-0.3, -0.25) is 0 Å². The van der Waals surface area contributed by atoms with Gasteiger partial charge in [-0.2, -0.15) is 0 Å². The van der Waals surface area contributed by atoms with Crippen molar-refractivity contribution >= 4 is 11.4 Å². The number of hydrogen-bond donors (Lipinski definition) is 2. The lowest BCUT2D eigenvalue weighted by Crippen LogP contribution is -2.26. The lowest BCUT2D eigenvalue weighted by atomic mass is 9.83. The van der Waals surface area contributed by atoms with Gasteiger partial charge >= 0.3 is 0 Å². The van der Waals surface area contributed by atoms with Crippen molar-refractivity contribution in [3.05, 3.63) is 17.9 Å². The van der Waals surface area contributed by atoms with Crippen LogP contribution in [0.3, 0.4) is 0 Å². The molecule has 0 bridgehead atoms. The van der Waals surface area contributed by atoms with E-state index in [2.05, 4.69) is 12.2 Å². The van der Waals surface area contributed by atoms with Crippen LogP contribution >= 0.6 is 0 Å². The molecule has 3 N–H and O–H groups in total. The third-order valence-corrected chi connectivity index (χ3v) is 4.31. The van der Waals surface area contributed by atoms with Crippen LogP contribution in [0.2, 0.25) is 0 Å². The zero-order valence-electron chi connectivity index (χ0n) is 13.1. The molecular weight excluding hydrogens is 267 g/mol. The van der Waals surface area contributed by atoms with Crippen LogP contribution in [0.15, 0.2) is 12.1 Å². The van der Waals surface area contributed by atoms with Crippen molar-refractivity contribution in [2.24, 2.45) is 5.92 Å². The van der Waals surface area contributed by atoms with Crippen molar-refractivity contribution in [2.75, 3.05) is 17.7 Å². The van der Waals surface area contributed by atoms with Gasteiger partial charge in [-0.25, -0.2) is 4.39 Å². The van der Waals surface area contributed by atoms with E-state index in [-0.39, 0.29) is 5.75 Å². The quantitative estimate of drug-likeness (QED) is 0.755. The highest BCUT2D eigenvalue weighted by atomic mass is 19.1. The first-order valence-electron chi connectivity index (χ1n) is 8.12. The molecule has 21 heavy (non-hydrogen) atoms. The minimum Gasteiger partial charge on any atom is -0.491 e. The summed E-state index contributed by atoms with van der Waals surface area (Å²) in [6.07, 6.45) is 7.46. The van der Waals surface area contributed by atoms with Crippen LogP contribution in [0.4, 0.5) is 15.8 Å². The molecule has 1 fully saturated rings. The number of halogens is 1. The van der Waals surface area contributed by atoms with Crippen LogP contribution in [-0.4, -0.2) is 12.6 Å². The second-order valence-electron chi connectivity index (χ2n) is 5.95. The fourth-order valence-electron chi connectivity index (χ4n) is 3.18. The number of ether oxygens (including phenoxy) is 1. The van der Waals surface area contributed by atoms with Gasteiger partial charge in [0.15, 0.2) is 11.6 Å². The topological polar surface area (TPSA) is 47.3 Å². The Labute approximate surface area is 127 Å². The summed E-state index contributed by atoms with van der Waals surface area (Å²) >= 11 is 0. The summed E-state index contributed by atoms with van der Waals surface area (Å²) < 4.78 is 19.0. The molecule has 4 heteroatoms. The Hall–Kier alpha value is -1.45. The zero-order valence-corrected chi connectivity index (χ0v) is 13.1. The molecule has 3 nitrogen and oxygen atoms in total. The number of nitrogen functional groups attached to an aromatic ring is 1. The first kappa shape index (κ1) is 15.9. The van der Waals surface area contributed by atoms with Crippen LogP contribution in [-0.2, 0) is 0 Å². The number of anilines is 2. The monoisotopic (exact) mass is 294 g/mol. The van der Waals surface area contributed by atoms with Gasteiger partial charge in [-0.05, 0) is 38.5 Å². The molecule has 0 unspecified atom stereocenters. The number of hydrogen-bond acceptors (Lipinski definition) is 3. The molecule has 0 amide bonds. The van der Waals surface area contributed by atoms with Crippen molar-refractivity contribution in [1.29, 1.82) is 0 Å². The summed E-state index contributed by atoms with van der Waals surface area (Å²) in [5, 5.41) is 3.47. The van der Waals surface area contributed by atoms with E-state index in [1.54, 1.807) is 6.07 Å². The average molecular weight is 294 g/mol. The van der Waals surface area contributed by atoms with Crippen molar-refractivity contribution < 1.29 is 9.13 Å². The van der Waals surface area contributed by atoms with E-state index >= 15 is 0 Å². The van der Waals surface area contributed by atoms with E-state index in [9.17, 15) is 4.39 Å². The Morgan fingerprint density at radius 2 is 1.95 bits per heavy atom. The highest BCUT2D eigenvalue weighted by Gasteiger charge is 2.21. The SMILES string of the molecule is CCCC1CCC(Nc2cc(OCC)c(F)cc2N)CC1.